The summed E-state index contributed by atoms with van der Waals surface area (Å²) in [4.78, 5) is 43.9. The lowest BCUT2D eigenvalue weighted by Gasteiger charge is -2.40. The van der Waals surface area contributed by atoms with Gasteiger partial charge in [-0.15, -0.1) is 0 Å². The first-order valence-electron chi connectivity index (χ1n) is 14.7. The van der Waals surface area contributed by atoms with Gasteiger partial charge in [0.15, 0.2) is 0 Å². The van der Waals surface area contributed by atoms with Gasteiger partial charge < -0.3 is 20.3 Å². The Bertz CT molecular complexity index is 1130. The van der Waals surface area contributed by atoms with E-state index in [0.717, 1.165) is 68.2 Å². The zero-order valence-electron chi connectivity index (χ0n) is 22.9. The first kappa shape index (κ1) is 25.6. The number of aryl methyl sites for hydroxylation is 2. The second kappa shape index (κ2) is 9.82. The summed E-state index contributed by atoms with van der Waals surface area (Å²) in [6, 6.07) is 5.35. The maximum atomic E-state index is 14.3. The molecule has 5 atom stereocenters. The van der Waals surface area contributed by atoms with E-state index < -0.39 is 29.6 Å². The number of fused-ring (bicyclic) bond motifs is 1. The van der Waals surface area contributed by atoms with Crippen molar-refractivity contribution in [2.75, 3.05) is 5.32 Å². The van der Waals surface area contributed by atoms with Crippen molar-refractivity contribution in [1.82, 2.24) is 10.2 Å². The molecule has 7 heteroatoms. The molecular weight excluding hydrogens is 478 g/mol. The zero-order chi connectivity index (χ0) is 26.6. The van der Waals surface area contributed by atoms with Crippen LogP contribution in [0, 0.1) is 31.6 Å². The van der Waals surface area contributed by atoms with E-state index in [2.05, 4.69) is 23.6 Å². The van der Waals surface area contributed by atoms with E-state index in [9.17, 15) is 14.4 Å². The van der Waals surface area contributed by atoms with Crippen LogP contribution in [-0.4, -0.2) is 52.5 Å². The van der Waals surface area contributed by atoms with E-state index in [0.29, 0.717) is 5.92 Å². The van der Waals surface area contributed by atoms with Gasteiger partial charge in [-0.2, -0.15) is 0 Å². The second-order valence-electron chi connectivity index (χ2n) is 12.6. The van der Waals surface area contributed by atoms with Gasteiger partial charge in [-0.1, -0.05) is 44.4 Å². The molecule has 1 aromatic carbocycles. The summed E-state index contributed by atoms with van der Waals surface area (Å²) in [6.07, 6.45) is 12.6. The fourth-order valence-electron chi connectivity index (χ4n) is 7.92. The molecule has 1 spiro atoms. The van der Waals surface area contributed by atoms with Gasteiger partial charge in [0, 0.05) is 17.8 Å². The van der Waals surface area contributed by atoms with Crippen molar-refractivity contribution in [3.05, 3.63) is 41.5 Å². The van der Waals surface area contributed by atoms with Crippen molar-refractivity contribution < 1.29 is 19.1 Å². The van der Waals surface area contributed by atoms with Crippen LogP contribution in [0.5, 0.6) is 0 Å². The number of hydrogen-bond acceptors (Lipinski definition) is 4. The highest BCUT2D eigenvalue weighted by molar-refractivity contribution is 6.03. The molecule has 3 amide bonds. The molecule has 0 unspecified atom stereocenters. The number of anilines is 1. The SMILES string of the molecule is Cc1cc(C)cc(NC(=O)[C@H]2[C@@H]3C=C[C@]4(O3)[C@@H]2C(=O)N(C2CCC(C)CC2)[C@@H]4C(=O)NC2CCCCC2)c1. The van der Waals surface area contributed by atoms with Crippen LogP contribution in [0.4, 0.5) is 5.69 Å². The van der Waals surface area contributed by atoms with Gasteiger partial charge in [0.2, 0.25) is 17.7 Å². The number of nitrogens with one attached hydrogen (secondary N) is 2. The van der Waals surface area contributed by atoms with Crippen molar-refractivity contribution in [3.8, 4) is 0 Å². The van der Waals surface area contributed by atoms with Gasteiger partial charge in [-0.05, 0) is 81.5 Å². The third kappa shape index (κ3) is 4.27. The van der Waals surface area contributed by atoms with Gasteiger partial charge in [-0.3, -0.25) is 14.4 Å². The number of carbonyl (C=O) groups excluding carboxylic acids is 3. The molecule has 2 saturated carbocycles. The topological polar surface area (TPSA) is 87.7 Å². The van der Waals surface area contributed by atoms with Crippen LogP contribution in [0.1, 0.15) is 75.8 Å². The molecule has 3 aliphatic heterocycles. The molecular formula is C31H41N3O4. The summed E-state index contributed by atoms with van der Waals surface area (Å²) in [7, 11) is 0. The minimum atomic E-state index is -1.09. The van der Waals surface area contributed by atoms with E-state index in [4.69, 9.17) is 4.74 Å². The summed E-state index contributed by atoms with van der Waals surface area (Å²) >= 11 is 0. The highest BCUT2D eigenvalue weighted by Crippen LogP contribution is 2.56. The molecule has 1 aromatic rings. The Morgan fingerprint density at radius 1 is 0.947 bits per heavy atom. The molecule has 2 aliphatic carbocycles. The third-order valence-corrected chi connectivity index (χ3v) is 9.68. The zero-order valence-corrected chi connectivity index (χ0v) is 22.9. The van der Waals surface area contributed by atoms with Gasteiger partial charge in [-0.25, -0.2) is 0 Å². The van der Waals surface area contributed by atoms with Gasteiger partial charge in [0.1, 0.15) is 11.6 Å². The molecule has 38 heavy (non-hydrogen) atoms. The Hall–Kier alpha value is -2.67. The predicted octanol–water partition coefficient (Wildman–Crippen LogP) is 4.42. The first-order valence-corrected chi connectivity index (χ1v) is 14.7. The number of carbonyl (C=O) groups is 3. The van der Waals surface area contributed by atoms with Crippen molar-refractivity contribution in [3.63, 3.8) is 0 Å². The van der Waals surface area contributed by atoms with Crippen LogP contribution < -0.4 is 10.6 Å². The Kier molecular flexibility index (Phi) is 6.61. The molecule has 2 N–H and O–H groups in total. The Labute approximate surface area is 225 Å². The number of likely N-dealkylation sites (tertiary alicyclic amines) is 1. The maximum Gasteiger partial charge on any atom is 0.246 e. The Morgan fingerprint density at radius 2 is 1.63 bits per heavy atom. The van der Waals surface area contributed by atoms with Crippen LogP contribution in [0.3, 0.4) is 0 Å². The van der Waals surface area contributed by atoms with Crippen molar-refractivity contribution in [2.45, 2.75) is 108 Å². The molecule has 7 nitrogen and oxygen atoms in total. The highest BCUT2D eigenvalue weighted by atomic mass is 16.5. The second-order valence-corrected chi connectivity index (χ2v) is 12.6. The number of rotatable bonds is 5. The van der Waals surface area contributed by atoms with Crippen LogP contribution in [0.15, 0.2) is 30.4 Å². The molecule has 4 fully saturated rings. The summed E-state index contributed by atoms with van der Waals surface area (Å²) < 4.78 is 6.54. The molecule has 0 aromatic heterocycles. The smallest absolute Gasteiger partial charge is 0.246 e. The molecule has 0 radical (unpaired) electrons. The number of amides is 3. The number of nitrogens with zero attached hydrogens (tertiary/aromatic N) is 1. The van der Waals surface area contributed by atoms with E-state index >= 15 is 0 Å². The number of hydrogen-bond donors (Lipinski definition) is 2. The minimum Gasteiger partial charge on any atom is -0.359 e. The van der Waals surface area contributed by atoms with Gasteiger partial charge in [0.25, 0.3) is 0 Å². The molecule has 2 saturated heterocycles. The van der Waals surface area contributed by atoms with E-state index in [1.54, 1.807) is 0 Å². The van der Waals surface area contributed by atoms with Crippen molar-refractivity contribution in [1.29, 1.82) is 0 Å². The lowest BCUT2D eigenvalue weighted by Crippen LogP contribution is -2.58. The van der Waals surface area contributed by atoms with Gasteiger partial charge >= 0.3 is 0 Å². The lowest BCUT2D eigenvalue weighted by atomic mass is 9.74. The standard InChI is InChI=1S/C31H41N3O4/c1-18-9-11-23(12-10-18)34-27(29(36)32-21-7-5-4-6-8-21)31-14-13-24(38-31)25(26(31)30(34)37)28(35)33-22-16-19(2)15-20(3)17-22/h13-18,21,23-27H,4-12H2,1-3H3,(H,32,36)(H,33,35)/t18?,23?,24-,25-,26-,27+,31-/m0/s1. The average molecular weight is 520 g/mol. The fourth-order valence-corrected chi connectivity index (χ4v) is 7.92. The maximum absolute atomic E-state index is 14.3. The quantitative estimate of drug-likeness (QED) is 0.564. The Balaban J connectivity index is 1.32. The Morgan fingerprint density at radius 3 is 2.32 bits per heavy atom. The molecule has 204 valence electrons. The monoisotopic (exact) mass is 519 g/mol. The lowest BCUT2D eigenvalue weighted by molar-refractivity contribution is -0.145. The molecule has 2 bridgehead atoms. The molecule has 5 aliphatic rings. The molecule has 3 heterocycles. The summed E-state index contributed by atoms with van der Waals surface area (Å²) in [5, 5.41) is 6.36. The van der Waals surface area contributed by atoms with Crippen LogP contribution >= 0.6 is 0 Å². The van der Waals surface area contributed by atoms with Crippen LogP contribution in [-0.2, 0) is 19.1 Å². The summed E-state index contributed by atoms with van der Waals surface area (Å²) in [5.74, 6) is -1.15. The van der Waals surface area contributed by atoms with Crippen LogP contribution in [0.25, 0.3) is 0 Å². The fraction of sp³-hybridized carbons (Fsp3) is 0.645. The average Bonchev–Trinajstić information content (AvgIpc) is 3.52. The minimum absolute atomic E-state index is 0.0000328. The van der Waals surface area contributed by atoms with Crippen molar-refractivity contribution >= 4 is 23.4 Å². The predicted molar refractivity (Wildman–Crippen MR) is 145 cm³/mol. The summed E-state index contributed by atoms with van der Waals surface area (Å²) in [6.45, 7) is 6.25. The summed E-state index contributed by atoms with van der Waals surface area (Å²) in [5.41, 5.74) is 1.77. The number of benzene rings is 1. The van der Waals surface area contributed by atoms with E-state index in [1.165, 1.54) is 6.42 Å². The highest BCUT2D eigenvalue weighted by Gasteiger charge is 2.73. The normalized spacial score (nSPS) is 36.4. The first-order chi connectivity index (χ1) is 18.3. The van der Waals surface area contributed by atoms with Crippen molar-refractivity contribution in [2.24, 2.45) is 17.8 Å². The third-order valence-electron chi connectivity index (χ3n) is 9.68. The largest absolute Gasteiger partial charge is 0.359 e. The van der Waals surface area contributed by atoms with E-state index in [-0.39, 0.29) is 29.8 Å². The molecule has 6 rings (SSSR count). The van der Waals surface area contributed by atoms with Gasteiger partial charge in [0.05, 0.1) is 17.9 Å². The van der Waals surface area contributed by atoms with E-state index in [1.807, 2.05) is 43.0 Å². The number of ether oxygens (including phenoxy) is 1. The van der Waals surface area contributed by atoms with Crippen LogP contribution in [0.2, 0.25) is 0 Å².